The molecule has 0 aliphatic rings. The van der Waals surface area contributed by atoms with E-state index in [9.17, 15) is 4.79 Å². The van der Waals surface area contributed by atoms with Crippen molar-refractivity contribution in [2.24, 2.45) is 0 Å². The van der Waals surface area contributed by atoms with E-state index in [2.05, 4.69) is 0 Å². The summed E-state index contributed by atoms with van der Waals surface area (Å²) in [7, 11) is 0. The summed E-state index contributed by atoms with van der Waals surface area (Å²) in [5.74, 6) is 0. The zero-order chi connectivity index (χ0) is 9.68. The summed E-state index contributed by atoms with van der Waals surface area (Å²) in [6.07, 6.45) is 4.79. The fourth-order valence-electron chi connectivity index (χ4n) is 0.929. The summed E-state index contributed by atoms with van der Waals surface area (Å²) in [6.45, 7) is 0. The van der Waals surface area contributed by atoms with E-state index in [1.807, 2.05) is 6.07 Å². The average Bonchev–Trinajstić information content (AvgIpc) is 2.09. The fraction of sp³-hybridized carbons (Fsp3) is 0.100. The Morgan fingerprint density at radius 1 is 1.46 bits per heavy atom. The number of rotatable bonds is 3. The minimum atomic E-state index is 0.403. The lowest BCUT2D eigenvalue weighted by atomic mass is 10.2. The van der Waals surface area contributed by atoms with Crippen molar-refractivity contribution in [3.63, 3.8) is 0 Å². The van der Waals surface area contributed by atoms with E-state index >= 15 is 0 Å². The van der Waals surface area contributed by atoms with E-state index < -0.39 is 0 Å². The van der Waals surface area contributed by atoms with Gasteiger partial charge in [-0.1, -0.05) is 29.8 Å². The van der Waals surface area contributed by atoms with Crippen LogP contribution in [0, 0.1) is 0 Å². The number of hydrogen-bond donors (Lipinski definition) is 1. The van der Waals surface area contributed by atoms with Crippen LogP contribution in [-0.2, 0) is 4.79 Å². The van der Waals surface area contributed by atoms with Crippen LogP contribution in [0.3, 0.4) is 0 Å². The molecule has 13 heavy (non-hydrogen) atoms. The van der Waals surface area contributed by atoms with Gasteiger partial charge < -0.3 is 10.5 Å². The number of benzene rings is 1. The molecule has 0 saturated carbocycles. The predicted molar refractivity (Wildman–Crippen MR) is 55.6 cm³/mol. The molecule has 2 nitrogen and oxygen atoms in total. The number of halogens is 1. The van der Waals surface area contributed by atoms with Gasteiger partial charge in [-0.25, -0.2) is 0 Å². The number of nitrogen functional groups attached to an aromatic ring is 1. The number of nitrogens with two attached hydrogens (primary N) is 1. The Morgan fingerprint density at radius 3 is 2.85 bits per heavy atom. The zero-order valence-electron chi connectivity index (χ0n) is 7.03. The first-order chi connectivity index (χ1) is 6.24. The number of hydrogen-bond acceptors (Lipinski definition) is 2. The van der Waals surface area contributed by atoms with Crippen LogP contribution < -0.4 is 5.73 Å². The normalized spacial score (nSPS) is 10.5. The second-order valence-electron chi connectivity index (χ2n) is 2.59. The first-order valence-corrected chi connectivity index (χ1v) is 4.27. The number of carbonyl (C=O) groups excluding carboxylic acids is 1. The molecule has 2 N–H and O–H groups in total. The highest BCUT2D eigenvalue weighted by molar-refractivity contribution is 6.32. The molecule has 0 aliphatic heterocycles. The monoisotopic (exact) mass is 195 g/mol. The smallest absolute Gasteiger partial charge is 0.123 e. The predicted octanol–water partition coefficient (Wildman–Crippen LogP) is 2.52. The standard InChI is InChI=1S/C10H10ClNO/c11-10-7-9(12)5-4-8(10)3-1-2-6-13/h1,3-7H,2,12H2. The van der Waals surface area contributed by atoms with Crippen molar-refractivity contribution in [3.05, 3.63) is 34.9 Å². The summed E-state index contributed by atoms with van der Waals surface area (Å²) >= 11 is 5.89. The topological polar surface area (TPSA) is 43.1 Å². The fourth-order valence-corrected chi connectivity index (χ4v) is 1.18. The summed E-state index contributed by atoms with van der Waals surface area (Å²) in [6, 6.07) is 5.27. The third kappa shape index (κ3) is 2.92. The van der Waals surface area contributed by atoms with Crippen LogP contribution in [-0.4, -0.2) is 6.29 Å². The van der Waals surface area contributed by atoms with E-state index in [1.165, 1.54) is 0 Å². The van der Waals surface area contributed by atoms with Gasteiger partial charge in [0.25, 0.3) is 0 Å². The van der Waals surface area contributed by atoms with Crippen LogP contribution in [0.15, 0.2) is 24.3 Å². The first-order valence-electron chi connectivity index (χ1n) is 3.89. The summed E-state index contributed by atoms with van der Waals surface area (Å²) in [5, 5.41) is 0.599. The molecule has 0 unspecified atom stereocenters. The highest BCUT2D eigenvalue weighted by atomic mass is 35.5. The highest BCUT2D eigenvalue weighted by Crippen LogP contribution is 2.20. The first kappa shape index (κ1) is 9.81. The van der Waals surface area contributed by atoms with E-state index in [0.29, 0.717) is 17.1 Å². The number of anilines is 1. The molecule has 0 aliphatic carbocycles. The van der Waals surface area contributed by atoms with Crippen molar-refractivity contribution in [1.29, 1.82) is 0 Å². The molecule has 3 heteroatoms. The minimum absolute atomic E-state index is 0.403. The second-order valence-corrected chi connectivity index (χ2v) is 2.99. The summed E-state index contributed by atoms with van der Waals surface area (Å²) in [4.78, 5) is 10.0. The van der Waals surface area contributed by atoms with Crippen molar-refractivity contribution in [3.8, 4) is 0 Å². The van der Waals surface area contributed by atoms with Gasteiger partial charge in [-0.05, 0) is 17.7 Å². The third-order valence-corrected chi connectivity index (χ3v) is 1.88. The van der Waals surface area contributed by atoms with Gasteiger partial charge in [-0.3, -0.25) is 0 Å². The Morgan fingerprint density at radius 2 is 2.23 bits per heavy atom. The van der Waals surface area contributed by atoms with E-state index in [-0.39, 0.29) is 0 Å². The van der Waals surface area contributed by atoms with E-state index in [4.69, 9.17) is 17.3 Å². The quantitative estimate of drug-likeness (QED) is 0.595. The van der Waals surface area contributed by atoms with Crippen LogP contribution in [0.5, 0.6) is 0 Å². The van der Waals surface area contributed by atoms with Crippen LogP contribution in [0.1, 0.15) is 12.0 Å². The van der Waals surface area contributed by atoms with Crippen LogP contribution >= 0.6 is 11.6 Å². The number of carbonyl (C=O) groups is 1. The van der Waals surface area contributed by atoms with Gasteiger partial charge in [-0.2, -0.15) is 0 Å². The van der Waals surface area contributed by atoms with Crippen molar-refractivity contribution < 1.29 is 4.79 Å². The Bertz CT molecular complexity index is 334. The minimum Gasteiger partial charge on any atom is -0.399 e. The van der Waals surface area contributed by atoms with Gasteiger partial charge in [-0.15, -0.1) is 0 Å². The lowest BCUT2D eigenvalue weighted by Gasteiger charge is -1.98. The maximum atomic E-state index is 10.0. The SMILES string of the molecule is Nc1ccc(C=CCC=O)c(Cl)c1. The van der Waals surface area contributed by atoms with Gasteiger partial charge in [0.05, 0.1) is 0 Å². The maximum absolute atomic E-state index is 10.0. The highest BCUT2D eigenvalue weighted by Gasteiger charge is 1.95. The van der Waals surface area contributed by atoms with Crippen molar-refractivity contribution in [2.45, 2.75) is 6.42 Å². The van der Waals surface area contributed by atoms with Crippen LogP contribution in [0.25, 0.3) is 6.08 Å². The number of allylic oxidation sites excluding steroid dienone is 1. The molecule has 1 rings (SSSR count). The molecule has 0 fully saturated rings. The molecule has 68 valence electrons. The Labute approximate surface area is 82.0 Å². The molecule has 0 bridgehead atoms. The Hall–Kier alpha value is -1.28. The molecule has 0 amide bonds. The molecule has 0 radical (unpaired) electrons. The van der Waals surface area contributed by atoms with Crippen LogP contribution in [0.2, 0.25) is 5.02 Å². The molecule has 0 heterocycles. The van der Waals surface area contributed by atoms with Crippen molar-refractivity contribution in [2.75, 3.05) is 5.73 Å². The molecule has 0 saturated heterocycles. The average molecular weight is 196 g/mol. The molecule has 0 spiro atoms. The lowest BCUT2D eigenvalue weighted by molar-refractivity contribution is -0.107. The van der Waals surface area contributed by atoms with E-state index in [1.54, 1.807) is 24.3 Å². The Kier molecular flexibility index (Phi) is 3.53. The van der Waals surface area contributed by atoms with Gasteiger partial charge >= 0.3 is 0 Å². The number of aldehydes is 1. The second kappa shape index (κ2) is 4.67. The molecule has 1 aromatic carbocycles. The maximum Gasteiger partial charge on any atom is 0.123 e. The molecule has 0 atom stereocenters. The molecule has 0 aromatic heterocycles. The zero-order valence-corrected chi connectivity index (χ0v) is 7.79. The molecule has 1 aromatic rings. The van der Waals surface area contributed by atoms with Crippen molar-refractivity contribution >= 4 is 29.7 Å². The van der Waals surface area contributed by atoms with Crippen LogP contribution in [0.4, 0.5) is 5.69 Å². The van der Waals surface area contributed by atoms with Gasteiger partial charge in [0.1, 0.15) is 6.29 Å². The molecular formula is C10H10ClNO. The van der Waals surface area contributed by atoms with Gasteiger partial charge in [0.15, 0.2) is 0 Å². The van der Waals surface area contributed by atoms with Gasteiger partial charge in [0.2, 0.25) is 0 Å². The third-order valence-electron chi connectivity index (χ3n) is 1.55. The summed E-state index contributed by atoms with van der Waals surface area (Å²) in [5.41, 5.74) is 7.03. The van der Waals surface area contributed by atoms with E-state index in [0.717, 1.165) is 11.8 Å². The molecular weight excluding hydrogens is 186 g/mol. The summed E-state index contributed by atoms with van der Waals surface area (Å²) < 4.78 is 0. The lowest BCUT2D eigenvalue weighted by Crippen LogP contribution is -1.84. The largest absolute Gasteiger partial charge is 0.399 e. The van der Waals surface area contributed by atoms with Gasteiger partial charge in [0, 0.05) is 17.1 Å². The Balaban J connectivity index is 2.83. The van der Waals surface area contributed by atoms with Crippen molar-refractivity contribution in [1.82, 2.24) is 0 Å².